The number of carbonyl (C=O) groups is 2. The van der Waals surface area contributed by atoms with Gasteiger partial charge in [0.1, 0.15) is 6.04 Å². The molecule has 1 aromatic carbocycles. The first-order chi connectivity index (χ1) is 15.0. The first-order valence-corrected chi connectivity index (χ1v) is 11.8. The van der Waals surface area contributed by atoms with Crippen LogP contribution in [0.1, 0.15) is 30.1 Å². The molecule has 1 saturated carbocycles. The van der Waals surface area contributed by atoms with Gasteiger partial charge in [-0.05, 0) is 43.0 Å². The molecule has 1 N–H and O–H groups in total. The molecular weight excluding hydrogens is 410 g/mol. The van der Waals surface area contributed by atoms with Gasteiger partial charge < -0.3 is 15.1 Å². The summed E-state index contributed by atoms with van der Waals surface area (Å²) in [7, 11) is 0. The Morgan fingerprint density at radius 1 is 1.32 bits per heavy atom. The van der Waals surface area contributed by atoms with Crippen LogP contribution >= 0.6 is 11.8 Å². The van der Waals surface area contributed by atoms with E-state index in [0.717, 1.165) is 35.6 Å². The summed E-state index contributed by atoms with van der Waals surface area (Å²) in [5, 5.41) is 12.7. The van der Waals surface area contributed by atoms with Gasteiger partial charge in [-0.15, -0.1) is 11.8 Å². The van der Waals surface area contributed by atoms with E-state index >= 15 is 0 Å². The van der Waals surface area contributed by atoms with Crippen molar-refractivity contribution in [1.29, 1.82) is 5.26 Å². The summed E-state index contributed by atoms with van der Waals surface area (Å²) in [6.45, 7) is 4.35. The van der Waals surface area contributed by atoms with E-state index in [1.807, 2.05) is 12.1 Å². The third-order valence-corrected chi connectivity index (χ3v) is 7.71. The second-order valence-electron chi connectivity index (χ2n) is 9.12. The molecule has 8 heteroatoms. The summed E-state index contributed by atoms with van der Waals surface area (Å²) in [6, 6.07) is 9.49. The molecule has 160 valence electrons. The molecule has 0 bridgehead atoms. The molecule has 1 atom stereocenters. The predicted molar refractivity (Wildman–Crippen MR) is 121 cm³/mol. The molecule has 1 aliphatic carbocycles. The van der Waals surface area contributed by atoms with Gasteiger partial charge in [0, 0.05) is 41.5 Å². The van der Waals surface area contributed by atoms with Gasteiger partial charge in [0.2, 0.25) is 5.91 Å². The van der Waals surface area contributed by atoms with Crippen molar-refractivity contribution in [2.75, 3.05) is 36.2 Å². The molecule has 0 unspecified atom stereocenters. The zero-order chi connectivity index (χ0) is 21.6. The smallest absolute Gasteiger partial charge is 0.252 e. The van der Waals surface area contributed by atoms with Crippen LogP contribution < -0.4 is 10.2 Å². The Kier molecular flexibility index (Phi) is 5.01. The normalized spacial score (nSPS) is 22.1. The van der Waals surface area contributed by atoms with Crippen molar-refractivity contribution < 1.29 is 9.59 Å². The summed E-state index contributed by atoms with van der Waals surface area (Å²) in [4.78, 5) is 33.6. The van der Waals surface area contributed by atoms with Crippen molar-refractivity contribution in [3.63, 3.8) is 0 Å². The monoisotopic (exact) mass is 435 g/mol. The van der Waals surface area contributed by atoms with Crippen LogP contribution in [0.5, 0.6) is 0 Å². The molecule has 31 heavy (non-hydrogen) atoms. The van der Waals surface area contributed by atoms with Gasteiger partial charge in [-0.25, -0.2) is 0 Å². The van der Waals surface area contributed by atoms with Gasteiger partial charge in [0.05, 0.1) is 29.6 Å². The average Bonchev–Trinajstić information content (AvgIpc) is 3.21. The Hall–Kier alpha value is -2.79. The number of anilines is 1. The summed E-state index contributed by atoms with van der Waals surface area (Å²) >= 11 is 1.55. The molecular formula is C23H25N5O2S. The number of nitrogens with zero attached hydrogens (tertiary/aromatic N) is 4. The van der Waals surface area contributed by atoms with Crippen molar-refractivity contribution in [3.05, 3.63) is 36.0 Å². The fourth-order valence-electron chi connectivity index (χ4n) is 5.30. The minimum atomic E-state index is -0.419. The number of thioether (sulfide) groups is 1. The quantitative estimate of drug-likeness (QED) is 0.794. The highest BCUT2D eigenvalue weighted by molar-refractivity contribution is 7.99. The highest BCUT2D eigenvalue weighted by Gasteiger charge is 2.50. The van der Waals surface area contributed by atoms with Crippen molar-refractivity contribution in [2.45, 2.75) is 25.8 Å². The highest BCUT2D eigenvalue weighted by Crippen LogP contribution is 2.52. The van der Waals surface area contributed by atoms with E-state index in [1.54, 1.807) is 24.0 Å². The van der Waals surface area contributed by atoms with Crippen molar-refractivity contribution in [3.8, 4) is 6.07 Å². The molecule has 0 radical (unpaired) electrons. The number of aromatic nitrogens is 1. The molecule has 3 heterocycles. The summed E-state index contributed by atoms with van der Waals surface area (Å²) in [5.41, 5.74) is 2.89. The average molecular weight is 436 g/mol. The van der Waals surface area contributed by atoms with E-state index in [-0.39, 0.29) is 18.4 Å². The van der Waals surface area contributed by atoms with Gasteiger partial charge in [0.25, 0.3) is 5.91 Å². The summed E-state index contributed by atoms with van der Waals surface area (Å²) in [6.07, 6.45) is 4.24. The number of rotatable bonds is 4. The fourth-order valence-corrected chi connectivity index (χ4v) is 6.40. The van der Waals surface area contributed by atoms with Crippen LogP contribution in [0.3, 0.4) is 0 Å². The second kappa shape index (κ2) is 7.72. The summed E-state index contributed by atoms with van der Waals surface area (Å²) in [5.74, 6) is 1.41. The lowest BCUT2D eigenvalue weighted by Gasteiger charge is -2.59. The first-order valence-electron chi connectivity index (χ1n) is 10.7. The molecule has 2 saturated heterocycles. The van der Waals surface area contributed by atoms with Crippen LogP contribution in [0.25, 0.3) is 10.9 Å². The van der Waals surface area contributed by atoms with E-state index in [0.29, 0.717) is 22.6 Å². The molecule has 2 aliphatic heterocycles. The number of carbonyl (C=O) groups excluding carboxylic acids is 2. The fraction of sp³-hybridized carbons (Fsp3) is 0.478. The Morgan fingerprint density at radius 2 is 2.13 bits per heavy atom. The maximum Gasteiger partial charge on any atom is 0.252 e. The van der Waals surface area contributed by atoms with Crippen LogP contribution in [-0.4, -0.2) is 59.0 Å². The Balaban J connectivity index is 1.29. The Labute approximate surface area is 185 Å². The van der Waals surface area contributed by atoms with Crippen LogP contribution in [0.2, 0.25) is 0 Å². The van der Waals surface area contributed by atoms with E-state index < -0.39 is 6.04 Å². The Morgan fingerprint density at radius 3 is 2.87 bits per heavy atom. The predicted octanol–water partition coefficient (Wildman–Crippen LogP) is 2.63. The van der Waals surface area contributed by atoms with E-state index in [9.17, 15) is 9.59 Å². The zero-order valence-electron chi connectivity index (χ0n) is 17.5. The van der Waals surface area contributed by atoms with Gasteiger partial charge in [-0.1, -0.05) is 6.92 Å². The third kappa shape index (κ3) is 3.61. The lowest BCUT2D eigenvalue weighted by atomic mass is 9.58. The van der Waals surface area contributed by atoms with Crippen LogP contribution in [0.15, 0.2) is 30.5 Å². The number of fused-ring (bicyclic) bond motifs is 1. The summed E-state index contributed by atoms with van der Waals surface area (Å²) < 4.78 is 0. The van der Waals surface area contributed by atoms with Crippen LogP contribution in [0.4, 0.5) is 5.69 Å². The number of hydrogen-bond acceptors (Lipinski definition) is 6. The number of nitriles is 1. The molecule has 3 aliphatic rings. The molecule has 7 nitrogen and oxygen atoms in total. The molecule has 3 fully saturated rings. The van der Waals surface area contributed by atoms with Crippen molar-refractivity contribution in [2.24, 2.45) is 11.3 Å². The number of nitrogens with one attached hydrogen (secondary N) is 1. The highest BCUT2D eigenvalue weighted by atomic mass is 32.2. The molecule has 2 amide bonds. The largest absolute Gasteiger partial charge is 0.370 e. The molecule has 1 aromatic heterocycles. The number of pyridine rings is 1. The maximum absolute atomic E-state index is 12.9. The van der Waals surface area contributed by atoms with Crippen molar-refractivity contribution in [1.82, 2.24) is 15.2 Å². The zero-order valence-corrected chi connectivity index (χ0v) is 18.3. The second-order valence-corrected chi connectivity index (χ2v) is 10.1. The Bertz CT molecular complexity index is 1080. The van der Waals surface area contributed by atoms with Crippen LogP contribution in [-0.2, 0) is 4.79 Å². The number of benzene rings is 1. The number of amides is 2. The first kappa shape index (κ1) is 20.1. The van der Waals surface area contributed by atoms with Gasteiger partial charge in [-0.3, -0.25) is 14.6 Å². The van der Waals surface area contributed by atoms with Gasteiger partial charge in [-0.2, -0.15) is 5.26 Å². The van der Waals surface area contributed by atoms with Gasteiger partial charge >= 0.3 is 0 Å². The lowest BCUT2D eigenvalue weighted by Crippen LogP contribution is -2.62. The SMILES string of the molecule is CC1CC2(C1)CN(c1ccc3nccc(C(=O)NCC(=O)N4CSC[C@H]4C#N)c3c1)C2. The molecule has 2 aromatic rings. The molecule has 5 rings (SSSR count). The van der Waals surface area contributed by atoms with Gasteiger partial charge in [0.15, 0.2) is 0 Å². The third-order valence-electron chi connectivity index (χ3n) is 6.70. The topological polar surface area (TPSA) is 89.3 Å². The lowest BCUT2D eigenvalue weighted by molar-refractivity contribution is -0.129. The van der Waals surface area contributed by atoms with E-state index in [4.69, 9.17) is 5.26 Å². The van der Waals surface area contributed by atoms with Crippen molar-refractivity contribution >= 4 is 40.2 Å². The van der Waals surface area contributed by atoms with Crippen LogP contribution in [0, 0.1) is 22.7 Å². The van der Waals surface area contributed by atoms with E-state index in [1.165, 1.54) is 17.7 Å². The maximum atomic E-state index is 12.9. The minimum absolute atomic E-state index is 0.117. The minimum Gasteiger partial charge on any atom is -0.370 e. The standard InChI is InChI=1S/C23H25N5O2S/c1-15-7-23(8-15)12-27(13-23)16-2-3-20-19(6-16)18(4-5-25-20)22(30)26-10-21(29)28-14-31-11-17(28)9-24/h2-6,15,17H,7-8,10-14H2,1H3,(H,26,30)/t17-/m1/s1. The van der Waals surface area contributed by atoms with E-state index in [2.05, 4.69) is 34.3 Å². The molecule has 1 spiro atoms. The number of hydrogen-bond donors (Lipinski definition) is 1.